The maximum Gasteiger partial charge on any atom is 0.242 e. The molecule has 0 aromatic heterocycles. The second-order valence-corrected chi connectivity index (χ2v) is 7.58. The largest absolute Gasteiger partial charge is 0.381 e. The minimum Gasteiger partial charge on any atom is -0.381 e. The molecule has 4 nitrogen and oxygen atoms in total. The molecule has 0 aliphatic heterocycles. The van der Waals surface area contributed by atoms with E-state index in [9.17, 15) is 8.42 Å². The Morgan fingerprint density at radius 3 is 2.55 bits per heavy atom. The molecule has 5 heteroatoms. The van der Waals surface area contributed by atoms with Crippen LogP contribution in [0, 0.1) is 11.8 Å². The van der Waals surface area contributed by atoms with Crippen molar-refractivity contribution < 1.29 is 8.42 Å². The van der Waals surface area contributed by atoms with E-state index < -0.39 is 10.0 Å². The van der Waals surface area contributed by atoms with Crippen molar-refractivity contribution in [1.29, 1.82) is 0 Å². The molecule has 112 valence electrons. The van der Waals surface area contributed by atoms with Crippen molar-refractivity contribution >= 4 is 15.7 Å². The summed E-state index contributed by atoms with van der Waals surface area (Å²) in [5.74, 6) is 1.23. The minimum absolute atomic E-state index is 0.327. The summed E-state index contributed by atoms with van der Waals surface area (Å²) in [6.07, 6.45) is 3.55. The van der Waals surface area contributed by atoms with E-state index >= 15 is 0 Å². The maximum absolute atomic E-state index is 12.1. The lowest BCUT2D eigenvalue weighted by molar-refractivity contribution is 0.253. The fourth-order valence-electron chi connectivity index (χ4n) is 2.92. The number of benzene rings is 1. The van der Waals surface area contributed by atoms with Crippen molar-refractivity contribution in [1.82, 2.24) is 4.72 Å². The predicted octanol–water partition coefficient (Wildman–Crippen LogP) is 2.83. The van der Waals surface area contributed by atoms with Crippen LogP contribution in [0.4, 0.5) is 5.69 Å². The zero-order chi connectivity index (χ0) is 14.8. The summed E-state index contributed by atoms with van der Waals surface area (Å²) in [7, 11) is -1.98. The molecule has 3 atom stereocenters. The zero-order valence-corrected chi connectivity index (χ0v) is 13.2. The molecule has 0 radical (unpaired) electrons. The standard InChI is InChI=1S/C15H24N2O2S/c1-11-7-6-9-13(12(11)2)17-14-8-4-5-10-15(14)20(18,19)16-3/h4-5,8,10-13,16-17H,6-7,9H2,1-3H3. The van der Waals surface area contributed by atoms with Gasteiger partial charge in [0.2, 0.25) is 10.0 Å². The zero-order valence-electron chi connectivity index (χ0n) is 12.4. The van der Waals surface area contributed by atoms with Crippen LogP contribution < -0.4 is 10.0 Å². The van der Waals surface area contributed by atoms with Gasteiger partial charge in [0.15, 0.2) is 0 Å². The minimum atomic E-state index is -3.42. The Morgan fingerprint density at radius 2 is 1.85 bits per heavy atom. The number of hydrogen-bond donors (Lipinski definition) is 2. The van der Waals surface area contributed by atoms with Crippen LogP contribution in [0.15, 0.2) is 29.2 Å². The molecule has 2 N–H and O–H groups in total. The average molecular weight is 296 g/mol. The van der Waals surface area contributed by atoms with E-state index in [0.717, 1.165) is 6.42 Å². The smallest absolute Gasteiger partial charge is 0.242 e. The fourth-order valence-corrected chi connectivity index (χ4v) is 3.81. The lowest BCUT2D eigenvalue weighted by Crippen LogP contribution is -2.35. The summed E-state index contributed by atoms with van der Waals surface area (Å²) >= 11 is 0. The topological polar surface area (TPSA) is 58.2 Å². The molecule has 20 heavy (non-hydrogen) atoms. The molecular formula is C15H24N2O2S. The van der Waals surface area contributed by atoms with Gasteiger partial charge in [-0.3, -0.25) is 0 Å². The molecule has 3 unspecified atom stereocenters. The van der Waals surface area contributed by atoms with Crippen LogP contribution in [0.5, 0.6) is 0 Å². The Hall–Kier alpha value is -1.07. The summed E-state index contributed by atoms with van der Waals surface area (Å²) in [6.45, 7) is 4.52. The highest BCUT2D eigenvalue weighted by atomic mass is 32.2. The van der Waals surface area contributed by atoms with Crippen molar-refractivity contribution in [2.45, 2.75) is 44.0 Å². The monoisotopic (exact) mass is 296 g/mol. The Morgan fingerprint density at radius 1 is 1.15 bits per heavy atom. The third-order valence-electron chi connectivity index (χ3n) is 4.49. The number of nitrogens with one attached hydrogen (secondary N) is 2. The van der Waals surface area contributed by atoms with Crippen LogP contribution >= 0.6 is 0 Å². The molecule has 0 spiro atoms. The van der Waals surface area contributed by atoms with Crippen molar-refractivity contribution in [2.24, 2.45) is 11.8 Å². The highest BCUT2D eigenvalue weighted by Crippen LogP contribution is 2.33. The lowest BCUT2D eigenvalue weighted by atomic mass is 9.78. The summed E-state index contributed by atoms with van der Waals surface area (Å²) < 4.78 is 26.5. The van der Waals surface area contributed by atoms with Crippen LogP contribution in [-0.4, -0.2) is 21.5 Å². The van der Waals surface area contributed by atoms with Crippen LogP contribution in [0.3, 0.4) is 0 Å². The van der Waals surface area contributed by atoms with Crippen LogP contribution in [-0.2, 0) is 10.0 Å². The van der Waals surface area contributed by atoms with Gasteiger partial charge in [0.05, 0.1) is 5.69 Å². The molecule has 1 aromatic carbocycles. The molecule has 0 heterocycles. The van der Waals surface area contributed by atoms with Gasteiger partial charge >= 0.3 is 0 Å². The first-order valence-corrected chi connectivity index (χ1v) is 8.73. The Labute approximate surface area is 122 Å². The van der Waals surface area contributed by atoms with Gasteiger partial charge in [0, 0.05) is 6.04 Å². The summed E-state index contributed by atoms with van der Waals surface area (Å²) in [4.78, 5) is 0.327. The summed E-state index contributed by atoms with van der Waals surface area (Å²) in [5.41, 5.74) is 0.702. The van der Waals surface area contributed by atoms with Crippen LogP contribution in [0.1, 0.15) is 33.1 Å². The van der Waals surface area contributed by atoms with Crippen LogP contribution in [0.25, 0.3) is 0 Å². The van der Waals surface area contributed by atoms with E-state index in [1.54, 1.807) is 12.1 Å². The number of sulfonamides is 1. The van der Waals surface area contributed by atoms with Crippen molar-refractivity contribution in [3.63, 3.8) is 0 Å². The third-order valence-corrected chi connectivity index (χ3v) is 5.97. The second-order valence-electron chi connectivity index (χ2n) is 5.72. The number of hydrogen-bond acceptors (Lipinski definition) is 3. The van der Waals surface area contributed by atoms with E-state index in [-0.39, 0.29) is 0 Å². The summed E-state index contributed by atoms with van der Waals surface area (Å²) in [5, 5.41) is 3.45. The van der Waals surface area contributed by atoms with E-state index in [0.29, 0.717) is 28.5 Å². The molecule has 1 fully saturated rings. The molecule has 2 rings (SSSR count). The maximum atomic E-state index is 12.1. The van der Waals surface area contributed by atoms with Gasteiger partial charge in [0.25, 0.3) is 0 Å². The van der Waals surface area contributed by atoms with Crippen molar-refractivity contribution in [2.75, 3.05) is 12.4 Å². The molecule has 0 saturated heterocycles. The third kappa shape index (κ3) is 3.15. The lowest BCUT2D eigenvalue weighted by Gasteiger charge is -2.35. The van der Waals surface area contributed by atoms with Gasteiger partial charge in [-0.1, -0.05) is 38.8 Å². The molecule has 1 aliphatic carbocycles. The first-order valence-electron chi connectivity index (χ1n) is 7.25. The quantitative estimate of drug-likeness (QED) is 0.898. The number of para-hydroxylation sites is 1. The SMILES string of the molecule is CNS(=O)(=O)c1ccccc1NC1CCCC(C)C1C. The van der Waals surface area contributed by atoms with Gasteiger partial charge in [0.1, 0.15) is 4.90 Å². The highest BCUT2D eigenvalue weighted by molar-refractivity contribution is 7.89. The van der Waals surface area contributed by atoms with Crippen LogP contribution in [0.2, 0.25) is 0 Å². The van der Waals surface area contributed by atoms with E-state index in [1.807, 2.05) is 12.1 Å². The average Bonchev–Trinajstić information content (AvgIpc) is 2.44. The van der Waals surface area contributed by atoms with Crippen molar-refractivity contribution in [3.8, 4) is 0 Å². The van der Waals surface area contributed by atoms with E-state index in [2.05, 4.69) is 23.9 Å². The van der Waals surface area contributed by atoms with Gasteiger partial charge in [-0.25, -0.2) is 13.1 Å². The summed E-state index contributed by atoms with van der Waals surface area (Å²) in [6, 6.07) is 7.45. The predicted molar refractivity (Wildman–Crippen MR) is 82.3 cm³/mol. The van der Waals surface area contributed by atoms with E-state index in [4.69, 9.17) is 0 Å². The van der Waals surface area contributed by atoms with E-state index in [1.165, 1.54) is 19.9 Å². The normalized spacial score (nSPS) is 27.2. The molecular weight excluding hydrogens is 272 g/mol. The van der Waals surface area contributed by atoms with Gasteiger partial charge in [-0.05, 0) is 37.4 Å². The Balaban J connectivity index is 2.26. The van der Waals surface area contributed by atoms with Gasteiger partial charge < -0.3 is 5.32 Å². The molecule has 1 aliphatic rings. The Bertz CT molecular complexity index is 557. The molecule has 0 bridgehead atoms. The molecule has 0 amide bonds. The van der Waals surface area contributed by atoms with Crippen molar-refractivity contribution in [3.05, 3.63) is 24.3 Å². The van der Waals surface area contributed by atoms with Gasteiger partial charge in [-0.2, -0.15) is 0 Å². The first-order chi connectivity index (χ1) is 9.45. The highest BCUT2D eigenvalue weighted by Gasteiger charge is 2.28. The fraction of sp³-hybridized carbons (Fsp3) is 0.600. The number of rotatable bonds is 4. The van der Waals surface area contributed by atoms with Gasteiger partial charge in [-0.15, -0.1) is 0 Å². The first kappa shape index (κ1) is 15.3. The molecule has 1 saturated carbocycles. The Kier molecular flexibility index (Phi) is 4.70. The second kappa shape index (κ2) is 6.14. The molecule has 1 aromatic rings. The number of anilines is 1.